The number of H-pyrrole nitrogens is 1. The van der Waals surface area contributed by atoms with Gasteiger partial charge >= 0.3 is 11.7 Å². The Hall–Kier alpha value is -2.08. The fraction of sp³-hybridized carbons (Fsp3) is 0.643. The summed E-state index contributed by atoms with van der Waals surface area (Å²) in [6.45, 7) is 1.09. The molecule has 2 fully saturated rings. The van der Waals surface area contributed by atoms with E-state index < -0.39 is 60.0 Å². The molecule has 0 bridgehead atoms. The quantitative estimate of drug-likeness (QED) is 0.603. The first-order valence-electron chi connectivity index (χ1n) is 7.59. The third-order valence-electron chi connectivity index (χ3n) is 4.23. The maximum atomic E-state index is 13.6. The Morgan fingerprint density at radius 2 is 2.08 bits per heavy atom. The van der Waals surface area contributed by atoms with E-state index in [1.165, 1.54) is 6.92 Å². The van der Waals surface area contributed by atoms with Crippen molar-refractivity contribution in [3.05, 3.63) is 32.9 Å². The number of rotatable bonds is 5. The van der Waals surface area contributed by atoms with Gasteiger partial charge in [-0.05, 0) is 6.92 Å². The number of fused-ring (bicyclic) bond motifs is 1. The number of aromatic nitrogens is 2. The monoisotopic (exact) mass is 360 g/mol. The lowest BCUT2D eigenvalue weighted by Crippen LogP contribution is -2.38. The molecule has 0 aliphatic carbocycles. The van der Waals surface area contributed by atoms with Crippen LogP contribution in [0.25, 0.3) is 0 Å². The average Bonchev–Trinajstić information content (AvgIpc) is 3.04. The molecule has 5 atom stereocenters. The molecule has 25 heavy (non-hydrogen) atoms. The molecule has 3 rings (SSSR count). The number of hydrogen-bond donors (Lipinski definition) is 3. The molecule has 2 unspecified atom stereocenters. The first-order chi connectivity index (χ1) is 11.7. The zero-order chi connectivity index (χ0) is 18.4. The van der Waals surface area contributed by atoms with E-state index in [1.807, 2.05) is 4.98 Å². The van der Waals surface area contributed by atoms with Crippen LogP contribution < -0.4 is 11.2 Å². The summed E-state index contributed by atoms with van der Waals surface area (Å²) in [4.78, 5) is 35.7. The average molecular weight is 360 g/mol. The first-order valence-corrected chi connectivity index (χ1v) is 7.59. The number of aromatic amines is 1. The summed E-state index contributed by atoms with van der Waals surface area (Å²) in [6, 6.07) is 0. The minimum atomic E-state index is -1.26. The SMILES string of the molecule is C[C@]1(CCC(=O)O)OC2C(O1)[C@@H](n1cc(F)c(=O)[nH]c1=O)O[C@H]2CO. The summed E-state index contributed by atoms with van der Waals surface area (Å²) in [7, 11) is 0. The second-order valence-electron chi connectivity index (χ2n) is 6.08. The number of halogens is 1. The highest BCUT2D eigenvalue weighted by Gasteiger charge is 2.57. The van der Waals surface area contributed by atoms with Crippen LogP contribution in [0.4, 0.5) is 4.39 Å². The third-order valence-corrected chi connectivity index (χ3v) is 4.23. The van der Waals surface area contributed by atoms with Crippen molar-refractivity contribution in [3.8, 4) is 0 Å². The first kappa shape index (κ1) is 17.7. The Balaban J connectivity index is 1.90. The van der Waals surface area contributed by atoms with Gasteiger partial charge in [0, 0.05) is 6.42 Å². The molecule has 10 nitrogen and oxygen atoms in total. The van der Waals surface area contributed by atoms with E-state index in [9.17, 15) is 23.9 Å². The van der Waals surface area contributed by atoms with E-state index in [4.69, 9.17) is 19.3 Å². The van der Waals surface area contributed by atoms with Crippen molar-refractivity contribution in [2.75, 3.05) is 6.61 Å². The van der Waals surface area contributed by atoms with Gasteiger partial charge in [0.2, 0.25) is 5.82 Å². The van der Waals surface area contributed by atoms with Gasteiger partial charge in [-0.1, -0.05) is 0 Å². The Labute approximate surface area is 139 Å². The summed E-state index contributed by atoms with van der Waals surface area (Å²) in [5.74, 6) is -3.47. The molecule has 1 aromatic heterocycles. The number of aliphatic carboxylic acids is 1. The van der Waals surface area contributed by atoms with Gasteiger partial charge in [0.1, 0.15) is 18.3 Å². The van der Waals surface area contributed by atoms with Gasteiger partial charge in [-0.25, -0.2) is 4.79 Å². The van der Waals surface area contributed by atoms with Gasteiger partial charge in [0.05, 0.1) is 19.2 Å². The highest BCUT2D eigenvalue weighted by Crippen LogP contribution is 2.44. The fourth-order valence-corrected chi connectivity index (χ4v) is 3.05. The van der Waals surface area contributed by atoms with E-state index in [-0.39, 0.29) is 12.8 Å². The van der Waals surface area contributed by atoms with Gasteiger partial charge in [0.15, 0.2) is 12.0 Å². The Morgan fingerprint density at radius 3 is 2.72 bits per heavy atom. The van der Waals surface area contributed by atoms with Crippen molar-refractivity contribution in [3.63, 3.8) is 0 Å². The molecule has 138 valence electrons. The number of hydrogen-bond acceptors (Lipinski definition) is 7. The van der Waals surface area contributed by atoms with Crippen LogP contribution in [0.15, 0.2) is 15.8 Å². The molecular formula is C14H17FN2O8. The minimum Gasteiger partial charge on any atom is -0.481 e. The second-order valence-corrected chi connectivity index (χ2v) is 6.08. The number of carboxylic acids is 1. The van der Waals surface area contributed by atoms with Gasteiger partial charge in [-0.15, -0.1) is 0 Å². The summed E-state index contributed by atoms with van der Waals surface area (Å²) >= 11 is 0. The predicted molar refractivity (Wildman–Crippen MR) is 77.3 cm³/mol. The number of nitrogens with one attached hydrogen (secondary N) is 1. The molecule has 0 saturated carbocycles. The van der Waals surface area contributed by atoms with E-state index in [2.05, 4.69) is 0 Å². The smallest absolute Gasteiger partial charge is 0.330 e. The van der Waals surface area contributed by atoms with Crippen LogP contribution in [0.2, 0.25) is 0 Å². The van der Waals surface area contributed by atoms with Crippen LogP contribution >= 0.6 is 0 Å². The van der Waals surface area contributed by atoms with Gasteiger partial charge in [-0.3, -0.25) is 19.1 Å². The number of aliphatic hydroxyl groups excluding tert-OH is 1. The number of carbonyl (C=O) groups is 1. The predicted octanol–water partition coefficient (Wildman–Crippen LogP) is -1.07. The van der Waals surface area contributed by atoms with E-state index in [1.54, 1.807) is 0 Å². The van der Waals surface area contributed by atoms with Crippen LogP contribution in [0.1, 0.15) is 26.0 Å². The van der Waals surface area contributed by atoms with Crippen LogP contribution in [0.5, 0.6) is 0 Å². The van der Waals surface area contributed by atoms with Crippen molar-refractivity contribution in [2.45, 2.75) is 50.1 Å². The van der Waals surface area contributed by atoms with Crippen molar-refractivity contribution in [1.29, 1.82) is 0 Å². The van der Waals surface area contributed by atoms with Crippen LogP contribution in [-0.4, -0.2) is 56.4 Å². The van der Waals surface area contributed by atoms with Gasteiger partial charge in [-0.2, -0.15) is 4.39 Å². The molecule has 0 amide bonds. The van der Waals surface area contributed by atoms with Crippen molar-refractivity contribution in [2.24, 2.45) is 0 Å². The zero-order valence-corrected chi connectivity index (χ0v) is 13.2. The number of carboxylic acid groups (broad SMARTS) is 1. The lowest BCUT2D eigenvalue weighted by atomic mass is 10.1. The normalized spacial score (nSPS) is 34.2. The second kappa shape index (κ2) is 6.33. The molecule has 2 saturated heterocycles. The standard InChI is InChI=1S/C14H17FN2O8/c1-14(3-2-8(19)20)24-9-7(5-18)23-12(10(9)25-14)17-4-6(15)11(21)16-13(17)22/h4,7,9-10,12,18H,2-3,5H2,1H3,(H,19,20)(H,16,21,22)/t7-,9?,10?,12-,14-/m0/s1. The Morgan fingerprint density at radius 1 is 1.40 bits per heavy atom. The summed E-state index contributed by atoms with van der Waals surface area (Å²) in [5.41, 5.74) is -2.07. The van der Waals surface area contributed by atoms with Crippen molar-refractivity contribution < 1.29 is 33.6 Å². The number of aliphatic hydroxyl groups is 1. The molecular weight excluding hydrogens is 343 g/mol. The minimum absolute atomic E-state index is 0.0368. The Kier molecular flexibility index (Phi) is 4.49. The molecule has 1 aromatic rings. The largest absolute Gasteiger partial charge is 0.481 e. The maximum absolute atomic E-state index is 13.6. The third kappa shape index (κ3) is 3.23. The summed E-state index contributed by atoms with van der Waals surface area (Å²) < 4.78 is 31.4. The maximum Gasteiger partial charge on any atom is 0.330 e. The highest BCUT2D eigenvalue weighted by molar-refractivity contribution is 5.66. The van der Waals surface area contributed by atoms with Crippen LogP contribution in [0, 0.1) is 5.82 Å². The van der Waals surface area contributed by atoms with E-state index in [0.29, 0.717) is 6.20 Å². The molecule has 3 N–H and O–H groups in total. The lowest BCUT2D eigenvalue weighted by molar-refractivity contribution is -0.215. The molecule has 3 heterocycles. The van der Waals surface area contributed by atoms with Gasteiger partial charge < -0.3 is 24.4 Å². The van der Waals surface area contributed by atoms with Crippen molar-refractivity contribution in [1.82, 2.24) is 9.55 Å². The fourth-order valence-electron chi connectivity index (χ4n) is 3.05. The topological polar surface area (TPSA) is 140 Å². The number of ether oxygens (including phenoxy) is 3. The number of nitrogens with zero attached hydrogens (tertiary/aromatic N) is 1. The molecule has 0 spiro atoms. The zero-order valence-electron chi connectivity index (χ0n) is 13.2. The van der Waals surface area contributed by atoms with E-state index in [0.717, 1.165) is 4.57 Å². The van der Waals surface area contributed by atoms with Crippen LogP contribution in [0.3, 0.4) is 0 Å². The Bertz CT molecular complexity index is 792. The highest BCUT2D eigenvalue weighted by atomic mass is 19.1. The van der Waals surface area contributed by atoms with E-state index >= 15 is 0 Å². The summed E-state index contributed by atoms with van der Waals surface area (Å²) in [5, 5.41) is 18.3. The lowest BCUT2D eigenvalue weighted by Gasteiger charge is -2.27. The molecule has 2 aliphatic heterocycles. The molecule has 11 heteroatoms. The summed E-state index contributed by atoms with van der Waals surface area (Å²) in [6.07, 6.45) is -3.15. The molecule has 0 aromatic carbocycles. The van der Waals surface area contributed by atoms with Gasteiger partial charge in [0.25, 0.3) is 5.56 Å². The molecule has 2 aliphatic rings. The molecule has 0 radical (unpaired) electrons. The van der Waals surface area contributed by atoms with Crippen molar-refractivity contribution >= 4 is 5.97 Å². The van der Waals surface area contributed by atoms with Crippen LogP contribution in [-0.2, 0) is 19.0 Å².